The largest absolute Gasteiger partial charge is 0.351 e. The molecule has 0 saturated carbocycles. The lowest BCUT2D eigenvalue weighted by atomic mass is 9.96. The van der Waals surface area contributed by atoms with Gasteiger partial charge in [-0.05, 0) is 42.7 Å². The van der Waals surface area contributed by atoms with E-state index in [0.29, 0.717) is 29.7 Å². The Labute approximate surface area is 155 Å². The van der Waals surface area contributed by atoms with Crippen molar-refractivity contribution < 1.29 is 13.2 Å². The summed E-state index contributed by atoms with van der Waals surface area (Å²) in [6.07, 6.45) is 0.510. The Morgan fingerprint density at radius 2 is 1.85 bits per heavy atom. The zero-order valence-corrected chi connectivity index (χ0v) is 15.5. The SMILES string of the molecule is C=C=C1Cc2c([nH]c3c(F)c(C)c(C)cc23)C[N+]1(C)c1ccc(F)c(F)c1. The van der Waals surface area contributed by atoms with Crippen molar-refractivity contribution in [2.75, 3.05) is 7.05 Å². The topological polar surface area (TPSA) is 15.8 Å². The van der Waals surface area contributed by atoms with Gasteiger partial charge in [0.2, 0.25) is 0 Å². The van der Waals surface area contributed by atoms with E-state index in [1.807, 2.05) is 20.0 Å². The number of hydrogen-bond acceptors (Lipinski definition) is 0. The van der Waals surface area contributed by atoms with Gasteiger partial charge in [0.25, 0.3) is 0 Å². The molecule has 1 unspecified atom stereocenters. The Bertz CT molecular complexity index is 1150. The summed E-state index contributed by atoms with van der Waals surface area (Å²) in [5.74, 6) is -2.02. The molecule has 1 aromatic heterocycles. The minimum atomic E-state index is -0.894. The molecule has 0 radical (unpaired) electrons. The Hall–Kier alpha value is -2.75. The van der Waals surface area contributed by atoms with Crippen LogP contribution in [-0.2, 0) is 13.0 Å². The summed E-state index contributed by atoms with van der Waals surface area (Å²) in [5.41, 5.74) is 8.31. The van der Waals surface area contributed by atoms with Gasteiger partial charge >= 0.3 is 0 Å². The molecule has 2 heterocycles. The highest BCUT2D eigenvalue weighted by Gasteiger charge is 2.39. The van der Waals surface area contributed by atoms with Gasteiger partial charge in [0.05, 0.1) is 24.7 Å². The van der Waals surface area contributed by atoms with Crippen molar-refractivity contribution in [2.24, 2.45) is 0 Å². The fourth-order valence-corrected chi connectivity index (χ4v) is 3.99. The number of aromatic amines is 1. The number of allylic oxidation sites excluding steroid dienone is 1. The van der Waals surface area contributed by atoms with Crippen LogP contribution in [-0.4, -0.2) is 12.0 Å². The van der Waals surface area contributed by atoms with Crippen molar-refractivity contribution in [3.63, 3.8) is 0 Å². The second-order valence-electron chi connectivity index (χ2n) is 7.39. The minimum Gasteiger partial charge on any atom is -0.351 e. The van der Waals surface area contributed by atoms with Crippen molar-refractivity contribution in [1.82, 2.24) is 9.47 Å². The molecule has 0 amide bonds. The molecular weight excluding hydrogens is 349 g/mol. The molecule has 4 rings (SSSR count). The summed E-state index contributed by atoms with van der Waals surface area (Å²) >= 11 is 0. The maximum absolute atomic E-state index is 14.8. The monoisotopic (exact) mass is 369 g/mol. The molecule has 0 fully saturated rings. The normalized spacial score (nSPS) is 19.3. The van der Waals surface area contributed by atoms with Gasteiger partial charge in [-0.1, -0.05) is 12.3 Å². The summed E-state index contributed by atoms with van der Waals surface area (Å²) < 4.78 is 42.2. The van der Waals surface area contributed by atoms with Crippen molar-refractivity contribution in [2.45, 2.75) is 26.8 Å². The van der Waals surface area contributed by atoms with Gasteiger partial charge in [0.1, 0.15) is 18.0 Å². The molecule has 2 nitrogen and oxygen atoms in total. The number of aryl methyl sites for hydroxylation is 1. The maximum Gasteiger partial charge on any atom is 0.164 e. The van der Waals surface area contributed by atoms with Crippen molar-refractivity contribution in [1.29, 1.82) is 0 Å². The van der Waals surface area contributed by atoms with E-state index in [0.717, 1.165) is 34.0 Å². The van der Waals surface area contributed by atoms with Crippen molar-refractivity contribution in [3.8, 4) is 0 Å². The average molecular weight is 369 g/mol. The first-order chi connectivity index (χ1) is 12.8. The van der Waals surface area contributed by atoms with E-state index in [2.05, 4.69) is 17.3 Å². The Morgan fingerprint density at radius 3 is 2.52 bits per heavy atom. The standard InChI is InChI=1S/C22H20F3N2/c1-5-14-9-16-17-8-12(2)13(3)21(25)22(17)26-20(16)11-27(14,4)15-6-7-18(23)19(24)10-15/h6-8,10,26H,1,9,11H2,2-4H3/q+1. The molecule has 0 bridgehead atoms. The number of halogens is 3. The Balaban J connectivity index is 1.93. The van der Waals surface area contributed by atoms with E-state index in [1.165, 1.54) is 6.07 Å². The second kappa shape index (κ2) is 5.88. The van der Waals surface area contributed by atoms with Crippen LogP contribution in [0.4, 0.5) is 18.9 Å². The highest BCUT2D eigenvalue weighted by Crippen LogP contribution is 2.40. The summed E-state index contributed by atoms with van der Waals surface area (Å²) in [5, 5.41) is 0.856. The fourth-order valence-electron chi connectivity index (χ4n) is 3.99. The molecule has 1 atom stereocenters. The minimum absolute atomic E-state index is 0.208. The number of H-pyrrole nitrogens is 1. The molecule has 0 saturated heterocycles. The molecule has 27 heavy (non-hydrogen) atoms. The number of nitrogens with one attached hydrogen (secondary N) is 1. The van der Waals surface area contributed by atoms with Crippen LogP contribution in [0.3, 0.4) is 0 Å². The predicted molar refractivity (Wildman–Crippen MR) is 102 cm³/mol. The van der Waals surface area contributed by atoms with Gasteiger partial charge in [0.15, 0.2) is 17.3 Å². The Kier molecular flexibility index (Phi) is 3.84. The van der Waals surface area contributed by atoms with E-state index in [9.17, 15) is 13.2 Å². The number of quaternary nitrogens is 1. The third kappa shape index (κ3) is 2.47. The van der Waals surface area contributed by atoms with Crippen LogP contribution in [0, 0.1) is 31.3 Å². The van der Waals surface area contributed by atoms with E-state index in [-0.39, 0.29) is 10.3 Å². The molecule has 0 aliphatic carbocycles. The number of nitrogens with zero attached hydrogens (tertiary/aromatic N) is 1. The van der Waals surface area contributed by atoms with Crippen LogP contribution in [0.15, 0.2) is 42.3 Å². The highest BCUT2D eigenvalue weighted by molar-refractivity contribution is 5.87. The van der Waals surface area contributed by atoms with Crippen LogP contribution in [0.5, 0.6) is 0 Å². The first-order valence-electron chi connectivity index (χ1n) is 8.76. The summed E-state index contributed by atoms with van der Waals surface area (Å²) in [4.78, 5) is 3.23. The number of hydrogen-bond donors (Lipinski definition) is 1. The molecular formula is C22H20F3N2+. The van der Waals surface area contributed by atoms with Crippen LogP contribution in [0.25, 0.3) is 10.9 Å². The highest BCUT2D eigenvalue weighted by atomic mass is 19.2. The van der Waals surface area contributed by atoms with Crippen LogP contribution in [0.1, 0.15) is 22.4 Å². The summed E-state index contributed by atoms with van der Waals surface area (Å²) in [7, 11) is 1.90. The zero-order chi connectivity index (χ0) is 19.5. The molecule has 138 valence electrons. The quantitative estimate of drug-likeness (QED) is 0.427. The van der Waals surface area contributed by atoms with Gasteiger partial charge in [-0.3, -0.25) is 4.48 Å². The van der Waals surface area contributed by atoms with Gasteiger partial charge in [-0.25, -0.2) is 13.2 Å². The molecule has 2 aromatic carbocycles. The number of aromatic nitrogens is 1. The third-order valence-corrected chi connectivity index (χ3v) is 5.83. The van der Waals surface area contributed by atoms with Crippen LogP contribution >= 0.6 is 0 Å². The van der Waals surface area contributed by atoms with Gasteiger partial charge in [0, 0.05) is 17.5 Å². The first kappa shape index (κ1) is 17.7. The average Bonchev–Trinajstić information content (AvgIpc) is 2.98. The number of fused-ring (bicyclic) bond motifs is 3. The van der Waals surface area contributed by atoms with E-state index in [1.54, 1.807) is 13.0 Å². The van der Waals surface area contributed by atoms with Crippen LogP contribution < -0.4 is 4.48 Å². The summed E-state index contributed by atoms with van der Waals surface area (Å²) in [6.45, 7) is 7.91. The lowest BCUT2D eigenvalue weighted by molar-refractivity contribution is 0.369. The number of rotatable bonds is 1. The van der Waals surface area contributed by atoms with Gasteiger partial charge in [-0.15, -0.1) is 0 Å². The number of benzene rings is 2. The predicted octanol–water partition coefficient (Wildman–Crippen LogP) is 5.56. The Morgan fingerprint density at radius 1 is 1.11 bits per heavy atom. The smallest absolute Gasteiger partial charge is 0.164 e. The maximum atomic E-state index is 14.8. The summed E-state index contributed by atoms with van der Waals surface area (Å²) in [6, 6.07) is 5.90. The lowest BCUT2D eigenvalue weighted by Gasteiger charge is -2.37. The molecule has 0 spiro atoms. The second-order valence-corrected chi connectivity index (χ2v) is 7.39. The van der Waals surface area contributed by atoms with Gasteiger partial charge < -0.3 is 4.98 Å². The fraction of sp³-hybridized carbons (Fsp3) is 0.227. The molecule has 1 N–H and O–H groups in total. The third-order valence-electron chi connectivity index (χ3n) is 5.83. The molecule has 1 aliphatic heterocycles. The first-order valence-corrected chi connectivity index (χ1v) is 8.76. The zero-order valence-electron chi connectivity index (χ0n) is 15.5. The van der Waals surface area contributed by atoms with Gasteiger partial charge in [-0.2, -0.15) is 0 Å². The lowest BCUT2D eigenvalue weighted by Crippen LogP contribution is -2.46. The van der Waals surface area contributed by atoms with E-state index in [4.69, 9.17) is 0 Å². The van der Waals surface area contributed by atoms with E-state index < -0.39 is 11.6 Å². The molecule has 3 aromatic rings. The van der Waals surface area contributed by atoms with Crippen molar-refractivity contribution in [3.05, 3.63) is 82.1 Å². The molecule has 5 heteroatoms. The van der Waals surface area contributed by atoms with Crippen molar-refractivity contribution >= 4 is 16.6 Å². The number of likely N-dealkylation sites (N-methyl/N-ethyl adjacent to an activating group) is 1. The van der Waals surface area contributed by atoms with E-state index >= 15 is 0 Å². The van der Waals surface area contributed by atoms with Crippen LogP contribution in [0.2, 0.25) is 0 Å². The molecule has 1 aliphatic rings.